The molecule has 0 aliphatic carbocycles. The van der Waals surface area contributed by atoms with E-state index in [0.29, 0.717) is 0 Å². The molecule has 23 heavy (non-hydrogen) atoms. The molecule has 120 valence electrons. The summed E-state index contributed by atoms with van der Waals surface area (Å²) < 4.78 is 0. The molecule has 1 unspecified atom stereocenters. The molecule has 0 N–H and O–H groups in total. The van der Waals surface area contributed by atoms with Crippen LogP contribution in [0.4, 0.5) is 5.69 Å². The van der Waals surface area contributed by atoms with E-state index in [1.165, 1.54) is 11.1 Å². The summed E-state index contributed by atoms with van der Waals surface area (Å²) in [7, 11) is 0. The quantitative estimate of drug-likeness (QED) is 0.842. The molecule has 0 radical (unpaired) electrons. The number of carbonyl (C=O) groups is 1. The van der Waals surface area contributed by atoms with E-state index in [-0.39, 0.29) is 11.9 Å². The number of anilines is 1. The van der Waals surface area contributed by atoms with E-state index < -0.39 is 0 Å². The molecule has 2 aromatic rings. The number of likely N-dealkylation sites (N-methyl/N-ethyl adjacent to an activating group) is 1. The summed E-state index contributed by atoms with van der Waals surface area (Å²) in [6.45, 7) is 6.74. The minimum absolute atomic E-state index is 0.0125. The third-order valence-corrected chi connectivity index (χ3v) is 4.60. The molecule has 0 saturated carbocycles. The number of carbonyl (C=O) groups excluding carboxylic acids is 1. The van der Waals surface area contributed by atoms with Gasteiger partial charge in [0.15, 0.2) is 0 Å². The van der Waals surface area contributed by atoms with Crippen LogP contribution in [0.15, 0.2) is 54.6 Å². The second-order valence-electron chi connectivity index (χ2n) is 6.18. The number of nitrogens with zero attached hydrogens (tertiary/aromatic N) is 2. The average Bonchev–Trinajstić information content (AvgIpc) is 2.97. The largest absolute Gasteiger partial charge is 0.311 e. The number of hydrogen-bond acceptors (Lipinski definition) is 2. The Balaban J connectivity index is 1.72. The highest BCUT2D eigenvalue weighted by Gasteiger charge is 2.35. The van der Waals surface area contributed by atoms with Crippen molar-refractivity contribution in [3.8, 4) is 0 Å². The fourth-order valence-corrected chi connectivity index (χ4v) is 3.24. The maximum atomic E-state index is 12.8. The fraction of sp³-hybridized carbons (Fsp3) is 0.350. The highest BCUT2D eigenvalue weighted by Crippen LogP contribution is 2.25. The van der Waals surface area contributed by atoms with Gasteiger partial charge in [-0.15, -0.1) is 0 Å². The van der Waals surface area contributed by atoms with E-state index >= 15 is 0 Å². The normalized spacial score (nSPS) is 18.0. The molecular weight excluding hydrogens is 284 g/mol. The van der Waals surface area contributed by atoms with Crippen molar-refractivity contribution in [3.63, 3.8) is 0 Å². The van der Waals surface area contributed by atoms with E-state index in [9.17, 15) is 4.79 Å². The maximum absolute atomic E-state index is 12.8. The van der Waals surface area contributed by atoms with Crippen LogP contribution in [-0.4, -0.2) is 29.9 Å². The van der Waals surface area contributed by atoms with E-state index in [0.717, 1.165) is 31.7 Å². The average molecular weight is 308 g/mol. The molecule has 1 atom stereocenters. The second kappa shape index (κ2) is 6.97. The minimum Gasteiger partial charge on any atom is -0.311 e. The molecule has 3 nitrogen and oxygen atoms in total. The van der Waals surface area contributed by atoms with Crippen LogP contribution in [-0.2, 0) is 11.3 Å². The summed E-state index contributed by atoms with van der Waals surface area (Å²) in [6.07, 6.45) is 0.896. The van der Waals surface area contributed by atoms with Crippen LogP contribution in [0.5, 0.6) is 0 Å². The molecule has 3 rings (SSSR count). The lowest BCUT2D eigenvalue weighted by atomic mass is 10.1. The van der Waals surface area contributed by atoms with Gasteiger partial charge < -0.3 is 4.90 Å². The second-order valence-corrected chi connectivity index (χ2v) is 6.18. The first-order valence-corrected chi connectivity index (χ1v) is 8.35. The van der Waals surface area contributed by atoms with Crippen LogP contribution >= 0.6 is 0 Å². The van der Waals surface area contributed by atoms with Crippen molar-refractivity contribution in [2.75, 3.05) is 18.0 Å². The first-order valence-electron chi connectivity index (χ1n) is 8.35. The SMILES string of the molecule is CCN(Cc1ccc(C)cc1)C1CCN(c2ccccc2)C1=O. The predicted molar refractivity (Wildman–Crippen MR) is 94.5 cm³/mol. The third-order valence-electron chi connectivity index (χ3n) is 4.60. The Labute approximate surface area is 138 Å². The standard InChI is InChI=1S/C20H24N2O/c1-3-21(15-17-11-9-16(2)10-12-17)19-13-14-22(20(19)23)18-7-5-4-6-8-18/h4-12,19H,3,13-15H2,1-2H3. The van der Waals surface area contributed by atoms with Crippen molar-refractivity contribution in [2.45, 2.75) is 32.9 Å². The Hall–Kier alpha value is -2.13. The Morgan fingerprint density at radius 2 is 1.78 bits per heavy atom. The van der Waals surface area contributed by atoms with Gasteiger partial charge in [0.1, 0.15) is 0 Å². The molecule has 0 aromatic heterocycles. The third kappa shape index (κ3) is 3.45. The summed E-state index contributed by atoms with van der Waals surface area (Å²) in [4.78, 5) is 17.0. The minimum atomic E-state index is -0.0125. The van der Waals surface area contributed by atoms with Crippen LogP contribution in [0.2, 0.25) is 0 Å². The molecule has 2 aromatic carbocycles. The highest BCUT2D eigenvalue weighted by molar-refractivity contribution is 5.99. The van der Waals surface area contributed by atoms with E-state index in [2.05, 4.69) is 43.0 Å². The number of hydrogen-bond donors (Lipinski definition) is 0. The van der Waals surface area contributed by atoms with Crippen LogP contribution in [0.25, 0.3) is 0 Å². The zero-order valence-corrected chi connectivity index (χ0v) is 13.9. The van der Waals surface area contributed by atoms with Crippen LogP contribution < -0.4 is 4.90 Å². The predicted octanol–water partition coefficient (Wildman–Crippen LogP) is 3.62. The number of benzene rings is 2. The zero-order valence-electron chi connectivity index (χ0n) is 13.9. The molecule has 1 aliphatic rings. The lowest BCUT2D eigenvalue weighted by Gasteiger charge is -2.26. The summed E-state index contributed by atoms with van der Waals surface area (Å²) >= 11 is 0. The molecular formula is C20H24N2O. The lowest BCUT2D eigenvalue weighted by Crippen LogP contribution is -2.41. The number of para-hydroxylation sites is 1. The van der Waals surface area contributed by atoms with Gasteiger partial charge in [0.05, 0.1) is 6.04 Å². The molecule has 0 bridgehead atoms. The molecule has 1 heterocycles. The Bertz CT molecular complexity index is 651. The van der Waals surface area contributed by atoms with Gasteiger partial charge in [-0.3, -0.25) is 9.69 Å². The van der Waals surface area contributed by atoms with Gasteiger partial charge in [0, 0.05) is 18.8 Å². The van der Waals surface area contributed by atoms with Gasteiger partial charge in [-0.2, -0.15) is 0 Å². The van der Waals surface area contributed by atoms with Crippen LogP contribution in [0, 0.1) is 6.92 Å². The van der Waals surface area contributed by atoms with E-state index in [1.807, 2.05) is 35.2 Å². The van der Waals surface area contributed by atoms with Crippen molar-refractivity contribution in [1.29, 1.82) is 0 Å². The first-order chi connectivity index (χ1) is 11.2. The zero-order chi connectivity index (χ0) is 16.2. The van der Waals surface area contributed by atoms with Crippen molar-refractivity contribution >= 4 is 11.6 Å². The Morgan fingerprint density at radius 1 is 1.09 bits per heavy atom. The first kappa shape index (κ1) is 15.8. The van der Waals surface area contributed by atoms with E-state index in [4.69, 9.17) is 0 Å². The van der Waals surface area contributed by atoms with Crippen LogP contribution in [0.3, 0.4) is 0 Å². The molecule has 0 spiro atoms. The number of aryl methyl sites for hydroxylation is 1. The van der Waals surface area contributed by atoms with Gasteiger partial charge in [-0.1, -0.05) is 55.0 Å². The smallest absolute Gasteiger partial charge is 0.244 e. The summed E-state index contributed by atoms with van der Waals surface area (Å²) in [5, 5.41) is 0. The van der Waals surface area contributed by atoms with E-state index in [1.54, 1.807) is 0 Å². The number of rotatable bonds is 5. The van der Waals surface area contributed by atoms with Crippen molar-refractivity contribution in [3.05, 3.63) is 65.7 Å². The highest BCUT2D eigenvalue weighted by atomic mass is 16.2. The van der Waals surface area contributed by atoms with Crippen molar-refractivity contribution in [2.24, 2.45) is 0 Å². The number of amides is 1. The molecule has 1 fully saturated rings. The van der Waals surface area contributed by atoms with Gasteiger partial charge >= 0.3 is 0 Å². The van der Waals surface area contributed by atoms with Gasteiger partial charge in [-0.05, 0) is 37.6 Å². The molecule has 1 aliphatic heterocycles. The Kier molecular flexibility index (Phi) is 4.77. The summed E-state index contributed by atoms with van der Waals surface area (Å²) in [5.41, 5.74) is 3.54. The molecule has 1 amide bonds. The van der Waals surface area contributed by atoms with Crippen molar-refractivity contribution in [1.82, 2.24) is 4.90 Å². The van der Waals surface area contributed by atoms with Crippen molar-refractivity contribution < 1.29 is 4.79 Å². The monoisotopic (exact) mass is 308 g/mol. The topological polar surface area (TPSA) is 23.6 Å². The van der Waals surface area contributed by atoms with Gasteiger partial charge in [-0.25, -0.2) is 0 Å². The van der Waals surface area contributed by atoms with Crippen LogP contribution in [0.1, 0.15) is 24.5 Å². The molecule has 1 saturated heterocycles. The molecule has 3 heteroatoms. The lowest BCUT2D eigenvalue weighted by molar-refractivity contribution is -0.121. The maximum Gasteiger partial charge on any atom is 0.244 e. The summed E-state index contributed by atoms with van der Waals surface area (Å²) in [5.74, 6) is 0.227. The van der Waals surface area contributed by atoms with Gasteiger partial charge in [0.25, 0.3) is 0 Å². The Morgan fingerprint density at radius 3 is 2.43 bits per heavy atom. The van der Waals surface area contributed by atoms with Gasteiger partial charge in [0.2, 0.25) is 5.91 Å². The summed E-state index contributed by atoms with van der Waals surface area (Å²) in [6, 6.07) is 18.6. The fourth-order valence-electron chi connectivity index (χ4n) is 3.24.